The molecule has 0 spiro atoms. The molecule has 0 bridgehead atoms. The van der Waals surface area contributed by atoms with Crippen molar-refractivity contribution in [2.45, 2.75) is 39.2 Å². The van der Waals surface area contributed by atoms with Crippen LogP contribution in [0.15, 0.2) is 30.3 Å². The van der Waals surface area contributed by atoms with Gasteiger partial charge in [0.25, 0.3) is 0 Å². The molecular formula is C17H27NO2S. The Hall–Kier alpha value is -1.00. The molecule has 1 unspecified atom stereocenters. The molecule has 0 aliphatic carbocycles. The summed E-state index contributed by atoms with van der Waals surface area (Å²) in [5.41, 5.74) is 0.244. The minimum atomic E-state index is -0.743. The number of esters is 1. The second-order valence-electron chi connectivity index (χ2n) is 4.97. The first-order valence-corrected chi connectivity index (χ1v) is 8.92. The molecule has 118 valence electrons. The zero-order valence-electron chi connectivity index (χ0n) is 13.4. The molecular weight excluding hydrogens is 282 g/mol. The fraction of sp³-hybridized carbons (Fsp3) is 0.588. The van der Waals surface area contributed by atoms with Crippen LogP contribution in [-0.2, 0) is 15.1 Å². The highest BCUT2D eigenvalue weighted by Crippen LogP contribution is 2.28. The Bertz CT molecular complexity index is 411. The third-order valence-corrected chi connectivity index (χ3v) is 4.57. The van der Waals surface area contributed by atoms with E-state index >= 15 is 0 Å². The molecule has 0 heterocycles. The van der Waals surface area contributed by atoms with Gasteiger partial charge in [0.05, 0.1) is 6.61 Å². The monoisotopic (exact) mass is 309 g/mol. The molecule has 1 atom stereocenters. The van der Waals surface area contributed by atoms with Crippen LogP contribution < -0.4 is 5.32 Å². The van der Waals surface area contributed by atoms with Crippen LogP contribution in [0.25, 0.3) is 0 Å². The average molecular weight is 309 g/mol. The summed E-state index contributed by atoms with van der Waals surface area (Å²) >= 11 is 1.80. The molecule has 0 radical (unpaired) electrons. The van der Waals surface area contributed by atoms with Crippen LogP contribution in [0.2, 0.25) is 0 Å². The average Bonchev–Trinajstić information content (AvgIpc) is 2.52. The van der Waals surface area contributed by atoms with Crippen molar-refractivity contribution in [1.29, 1.82) is 0 Å². The summed E-state index contributed by atoms with van der Waals surface area (Å²) in [6.45, 7) is 7.31. The first-order chi connectivity index (χ1) is 10.2. The van der Waals surface area contributed by atoms with Gasteiger partial charge in [-0.05, 0) is 37.6 Å². The molecule has 1 N–H and O–H groups in total. The van der Waals surface area contributed by atoms with Crippen LogP contribution in [0.4, 0.5) is 0 Å². The Labute approximate surface area is 132 Å². The molecule has 0 aliphatic rings. The zero-order valence-corrected chi connectivity index (χ0v) is 14.2. The van der Waals surface area contributed by atoms with Crippen molar-refractivity contribution >= 4 is 17.7 Å². The Morgan fingerprint density at radius 1 is 1.19 bits per heavy atom. The van der Waals surface area contributed by atoms with Gasteiger partial charge in [-0.15, -0.1) is 0 Å². The van der Waals surface area contributed by atoms with Gasteiger partial charge < -0.3 is 4.74 Å². The third-order valence-electron chi connectivity index (χ3n) is 3.23. The standard InChI is InChI=1S/C17H27NO2S/c1-4-12-18-17(14-21-13-5-2,16(19)20-6-3)15-10-8-7-9-11-15/h7-11,18H,4-6,12-14H2,1-3H3. The fourth-order valence-corrected chi connectivity index (χ4v) is 3.30. The molecule has 4 heteroatoms. The second-order valence-corrected chi connectivity index (χ2v) is 6.08. The second kappa shape index (κ2) is 9.85. The number of nitrogens with one attached hydrogen (secondary N) is 1. The summed E-state index contributed by atoms with van der Waals surface area (Å²) in [5.74, 6) is 1.57. The first kappa shape index (κ1) is 18.1. The van der Waals surface area contributed by atoms with E-state index in [2.05, 4.69) is 19.2 Å². The van der Waals surface area contributed by atoms with Gasteiger partial charge in [-0.25, -0.2) is 4.79 Å². The van der Waals surface area contributed by atoms with Crippen LogP contribution in [0.5, 0.6) is 0 Å². The van der Waals surface area contributed by atoms with Crippen LogP contribution in [0, 0.1) is 0 Å². The van der Waals surface area contributed by atoms with Gasteiger partial charge in [-0.1, -0.05) is 44.2 Å². The van der Waals surface area contributed by atoms with E-state index < -0.39 is 5.54 Å². The van der Waals surface area contributed by atoms with Crippen LogP contribution in [0.1, 0.15) is 39.2 Å². The summed E-state index contributed by atoms with van der Waals surface area (Å²) in [6, 6.07) is 9.93. The number of carbonyl (C=O) groups excluding carboxylic acids is 1. The molecule has 0 amide bonds. The lowest BCUT2D eigenvalue weighted by molar-refractivity contribution is -0.150. The van der Waals surface area contributed by atoms with Gasteiger partial charge >= 0.3 is 5.97 Å². The predicted octanol–water partition coefficient (Wildman–Crippen LogP) is 3.59. The van der Waals surface area contributed by atoms with Crippen LogP contribution in [0.3, 0.4) is 0 Å². The third kappa shape index (κ3) is 5.04. The van der Waals surface area contributed by atoms with Gasteiger partial charge in [0.2, 0.25) is 0 Å². The summed E-state index contributed by atoms with van der Waals surface area (Å²) in [6.07, 6.45) is 2.08. The highest BCUT2D eigenvalue weighted by Gasteiger charge is 2.40. The Balaban J connectivity index is 3.09. The van der Waals surface area contributed by atoms with E-state index in [0.717, 1.165) is 30.7 Å². The molecule has 3 nitrogen and oxygen atoms in total. The maximum absolute atomic E-state index is 12.7. The summed E-state index contributed by atoms with van der Waals surface area (Å²) < 4.78 is 5.37. The molecule has 1 aromatic carbocycles. The van der Waals surface area contributed by atoms with Crippen molar-refractivity contribution in [3.8, 4) is 0 Å². The van der Waals surface area contributed by atoms with E-state index in [-0.39, 0.29) is 5.97 Å². The summed E-state index contributed by atoms with van der Waals surface area (Å²) in [7, 11) is 0. The van der Waals surface area contributed by atoms with E-state index in [4.69, 9.17) is 4.74 Å². The van der Waals surface area contributed by atoms with E-state index in [1.165, 1.54) is 0 Å². The van der Waals surface area contributed by atoms with Crippen molar-refractivity contribution in [3.63, 3.8) is 0 Å². The lowest BCUT2D eigenvalue weighted by atomic mass is 9.91. The number of carbonyl (C=O) groups is 1. The number of hydrogen-bond donors (Lipinski definition) is 1. The van der Waals surface area contributed by atoms with Crippen molar-refractivity contribution in [1.82, 2.24) is 5.32 Å². The minimum Gasteiger partial charge on any atom is -0.464 e. The van der Waals surface area contributed by atoms with Crippen molar-refractivity contribution < 1.29 is 9.53 Å². The summed E-state index contributed by atoms with van der Waals surface area (Å²) in [5, 5.41) is 3.45. The Kier molecular flexibility index (Phi) is 8.47. The van der Waals surface area contributed by atoms with E-state index in [1.54, 1.807) is 11.8 Å². The number of thioether (sulfide) groups is 1. The molecule has 1 rings (SSSR count). The predicted molar refractivity (Wildman–Crippen MR) is 90.7 cm³/mol. The van der Waals surface area contributed by atoms with Gasteiger partial charge in [-0.2, -0.15) is 11.8 Å². The fourth-order valence-electron chi connectivity index (χ4n) is 2.17. The number of rotatable bonds is 10. The van der Waals surface area contributed by atoms with Crippen molar-refractivity contribution in [2.75, 3.05) is 24.7 Å². The molecule has 21 heavy (non-hydrogen) atoms. The van der Waals surface area contributed by atoms with Gasteiger partial charge in [0.1, 0.15) is 0 Å². The maximum Gasteiger partial charge on any atom is 0.331 e. The van der Waals surface area contributed by atoms with Gasteiger partial charge in [0.15, 0.2) is 5.54 Å². The Morgan fingerprint density at radius 2 is 1.90 bits per heavy atom. The SMILES string of the molecule is CCCNC(CSCCC)(C(=O)OCC)c1ccccc1. The van der Waals surface area contributed by atoms with Crippen molar-refractivity contribution in [2.24, 2.45) is 0 Å². The highest BCUT2D eigenvalue weighted by molar-refractivity contribution is 7.99. The minimum absolute atomic E-state index is 0.173. The van der Waals surface area contributed by atoms with Crippen LogP contribution >= 0.6 is 11.8 Å². The molecule has 0 saturated heterocycles. The number of hydrogen-bond acceptors (Lipinski definition) is 4. The van der Waals surface area contributed by atoms with Crippen LogP contribution in [-0.4, -0.2) is 30.6 Å². The molecule has 0 aromatic heterocycles. The lowest BCUT2D eigenvalue weighted by Gasteiger charge is -2.33. The molecule has 0 fully saturated rings. The molecule has 0 saturated carbocycles. The zero-order chi connectivity index (χ0) is 15.6. The van der Waals surface area contributed by atoms with E-state index in [9.17, 15) is 4.79 Å². The van der Waals surface area contributed by atoms with Gasteiger partial charge in [-0.3, -0.25) is 5.32 Å². The first-order valence-electron chi connectivity index (χ1n) is 7.76. The smallest absolute Gasteiger partial charge is 0.331 e. The van der Waals surface area contributed by atoms with E-state index in [1.807, 2.05) is 37.3 Å². The lowest BCUT2D eigenvalue weighted by Crippen LogP contribution is -2.52. The highest BCUT2D eigenvalue weighted by atomic mass is 32.2. The molecule has 0 aliphatic heterocycles. The maximum atomic E-state index is 12.7. The van der Waals surface area contributed by atoms with E-state index in [0.29, 0.717) is 12.4 Å². The number of ether oxygens (including phenoxy) is 1. The molecule has 1 aromatic rings. The quantitative estimate of drug-likeness (QED) is 0.529. The number of benzene rings is 1. The van der Waals surface area contributed by atoms with Crippen molar-refractivity contribution in [3.05, 3.63) is 35.9 Å². The summed E-state index contributed by atoms with van der Waals surface area (Å²) in [4.78, 5) is 12.7. The van der Waals surface area contributed by atoms with Gasteiger partial charge in [0, 0.05) is 5.75 Å². The topological polar surface area (TPSA) is 38.3 Å². The normalized spacial score (nSPS) is 13.7. The largest absolute Gasteiger partial charge is 0.464 e. The Morgan fingerprint density at radius 3 is 2.48 bits per heavy atom.